The molecule has 0 amide bonds. The Hall–Kier alpha value is -3.88. The fraction of sp³-hybridized carbons (Fsp3) is 0.148. The van der Waals surface area contributed by atoms with Crippen LogP contribution in [0.4, 0.5) is 5.69 Å². The van der Waals surface area contributed by atoms with E-state index in [2.05, 4.69) is 11.1 Å². The molecule has 33 heavy (non-hydrogen) atoms. The summed E-state index contributed by atoms with van der Waals surface area (Å²) >= 11 is 6.57. The van der Waals surface area contributed by atoms with Crippen LogP contribution in [0.15, 0.2) is 102 Å². The van der Waals surface area contributed by atoms with Gasteiger partial charge in [0.1, 0.15) is 5.82 Å². The van der Waals surface area contributed by atoms with E-state index >= 15 is 0 Å². The Morgan fingerprint density at radius 1 is 1.00 bits per heavy atom. The van der Waals surface area contributed by atoms with Crippen molar-refractivity contribution in [3.63, 3.8) is 0 Å². The standard InChI is InChI=1S/C27H21ClN4O/c28-21-10-4-5-11-22(21)32-23-13-19(17-7-2-1-3-8-17)14-24(33)26(23)25(20(15-29)27(32)30)18-9-6-12-31-16-18/h1-12,16,19,25H,13-14,30H2/t19-,25-/m0/s1. The molecule has 0 radical (unpaired) electrons. The number of nitrogens with zero attached hydrogens (tertiary/aromatic N) is 3. The van der Waals surface area contributed by atoms with Gasteiger partial charge in [0.05, 0.1) is 28.3 Å². The first-order valence-corrected chi connectivity index (χ1v) is 11.1. The van der Waals surface area contributed by atoms with Crippen molar-refractivity contribution in [2.45, 2.75) is 24.7 Å². The number of benzene rings is 2. The van der Waals surface area contributed by atoms with Crippen molar-refractivity contribution in [2.24, 2.45) is 5.73 Å². The van der Waals surface area contributed by atoms with Crippen LogP contribution < -0.4 is 10.6 Å². The lowest BCUT2D eigenvalue weighted by molar-refractivity contribution is -0.116. The van der Waals surface area contributed by atoms with E-state index in [1.54, 1.807) is 29.4 Å². The Morgan fingerprint density at radius 3 is 2.42 bits per heavy atom. The molecule has 0 bridgehead atoms. The van der Waals surface area contributed by atoms with Crippen LogP contribution in [0.1, 0.15) is 35.8 Å². The number of halogens is 1. The Labute approximate surface area is 197 Å². The molecule has 5 rings (SSSR count). The summed E-state index contributed by atoms with van der Waals surface area (Å²) < 4.78 is 0. The van der Waals surface area contributed by atoms with Gasteiger partial charge in [-0.05, 0) is 41.7 Å². The second-order valence-electron chi connectivity index (χ2n) is 8.22. The maximum atomic E-state index is 13.7. The summed E-state index contributed by atoms with van der Waals surface area (Å²) in [6.07, 6.45) is 4.34. The number of hydrogen-bond donors (Lipinski definition) is 1. The number of Topliss-reactive ketones (excluding diaryl/α,β-unsaturated/α-hetero) is 1. The van der Waals surface area contributed by atoms with Crippen molar-refractivity contribution in [1.29, 1.82) is 5.26 Å². The summed E-state index contributed by atoms with van der Waals surface area (Å²) in [6, 6.07) is 23.3. The molecule has 2 heterocycles. The Kier molecular flexibility index (Phi) is 5.45. The molecular weight excluding hydrogens is 432 g/mol. The van der Waals surface area contributed by atoms with Crippen molar-refractivity contribution >= 4 is 23.1 Å². The third-order valence-corrected chi connectivity index (χ3v) is 6.67. The molecule has 6 heteroatoms. The number of allylic oxidation sites excluding steroid dienone is 3. The van der Waals surface area contributed by atoms with Gasteiger partial charge in [-0.1, -0.05) is 60.1 Å². The minimum Gasteiger partial charge on any atom is -0.384 e. The van der Waals surface area contributed by atoms with Crippen LogP contribution in [-0.2, 0) is 4.79 Å². The number of ketones is 1. The minimum atomic E-state index is -0.554. The summed E-state index contributed by atoms with van der Waals surface area (Å²) in [5.74, 6) is -0.244. The molecule has 0 spiro atoms. The maximum absolute atomic E-state index is 13.7. The SMILES string of the molecule is N#CC1=C(N)N(c2ccccc2Cl)C2=C(C(=O)C[C@@H](c3ccccc3)C2)[C@H]1c1cccnc1. The van der Waals surface area contributed by atoms with Crippen molar-refractivity contribution in [1.82, 2.24) is 4.98 Å². The largest absolute Gasteiger partial charge is 0.384 e. The van der Waals surface area contributed by atoms with E-state index in [0.29, 0.717) is 40.5 Å². The van der Waals surface area contributed by atoms with Crippen molar-refractivity contribution in [3.8, 4) is 6.07 Å². The Morgan fingerprint density at radius 2 is 1.73 bits per heavy atom. The van der Waals surface area contributed by atoms with Crippen LogP contribution in [0.2, 0.25) is 5.02 Å². The number of para-hydroxylation sites is 1. The number of nitriles is 1. The van der Waals surface area contributed by atoms with Gasteiger partial charge in [0.2, 0.25) is 0 Å². The van der Waals surface area contributed by atoms with Crippen LogP contribution in [0.5, 0.6) is 0 Å². The fourth-order valence-corrected chi connectivity index (χ4v) is 5.10. The molecular formula is C27H21ClN4O. The van der Waals surface area contributed by atoms with Gasteiger partial charge in [-0.15, -0.1) is 0 Å². The van der Waals surface area contributed by atoms with Crippen molar-refractivity contribution in [3.05, 3.63) is 118 Å². The first-order valence-electron chi connectivity index (χ1n) is 10.8. The molecule has 0 fully saturated rings. The topological polar surface area (TPSA) is 83.0 Å². The number of carbonyl (C=O) groups is 1. The minimum absolute atomic E-state index is 0.00780. The van der Waals surface area contributed by atoms with E-state index in [9.17, 15) is 10.1 Å². The van der Waals surface area contributed by atoms with Crippen LogP contribution in [0.3, 0.4) is 0 Å². The number of rotatable bonds is 3. The summed E-state index contributed by atoms with van der Waals surface area (Å²) in [6.45, 7) is 0. The quantitative estimate of drug-likeness (QED) is 0.572. The molecule has 2 aliphatic rings. The smallest absolute Gasteiger partial charge is 0.162 e. The van der Waals surface area contributed by atoms with Crippen molar-refractivity contribution in [2.75, 3.05) is 4.90 Å². The van der Waals surface area contributed by atoms with E-state index < -0.39 is 5.92 Å². The van der Waals surface area contributed by atoms with Crippen LogP contribution in [0.25, 0.3) is 0 Å². The highest BCUT2D eigenvalue weighted by molar-refractivity contribution is 6.33. The number of anilines is 1. The van der Waals surface area contributed by atoms with Crippen LogP contribution >= 0.6 is 11.6 Å². The maximum Gasteiger partial charge on any atom is 0.162 e. The van der Waals surface area contributed by atoms with Crippen molar-refractivity contribution < 1.29 is 4.79 Å². The molecule has 3 aromatic rings. The zero-order chi connectivity index (χ0) is 22.9. The highest BCUT2D eigenvalue weighted by Gasteiger charge is 2.43. The van der Waals surface area contributed by atoms with Crippen LogP contribution in [-0.4, -0.2) is 10.8 Å². The first-order chi connectivity index (χ1) is 16.1. The molecule has 0 saturated heterocycles. The Bertz CT molecular complexity index is 1320. The summed E-state index contributed by atoms with van der Waals surface area (Å²) in [5, 5.41) is 10.6. The lowest BCUT2D eigenvalue weighted by Gasteiger charge is -2.41. The average Bonchev–Trinajstić information content (AvgIpc) is 2.85. The second-order valence-corrected chi connectivity index (χ2v) is 8.62. The molecule has 0 unspecified atom stereocenters. The summed E-state index contributed by atoms with van der Waals surface area (Å²) in [7, 11) is 0. The highest BCUT2D eigenvalue weighted by Crippen LogP contribution is 2.49. The zero-order valence-electron chi connectivity index (χ0n) is 17.8. The molecule has 0 saturated carbocycles. The molecule has 1 aromatic heterocycles. The number of carbonyl (C=O) groups excluding carboxylic acids is 1. The number of aromatic nitrogens is 1. The predicted octanol–water partition coefficient (Wildman–Crippen LogP) is 5.43. The van der Waals surface area contributed by atoms with Gasteiger partial charge >= 0.3 is 0 Å². The molecule has 2 N–H and O–H groups in total. The summed E-state index contributed by atoms with van der Waals surface area (Å²) in [4.78, 5) is 19.7. The molecule has 2 atom stereocenters. The van der Waals surface area contributed by atoms with E-state index in [1.807, 2.05) is 54.6 Å². The number of nitrogens with two attached hydrogens (primary N) is 1. The monoisotopic (exact) mass is 452 g/mol. The summed E-state index contributed by atoms with van der Waals surface area (Å²) in [5.41, 5.74) is 10.9. The molecule has 162 valence electrons. The van der Waals surface area contributed by atoms with Crippen LogP contribution in [0, 0.1) is 11.3 Å². The van der Waals surface area contributed by atoms with Gasteiger partial charge in [-0.25, -0.2) is 0 Å². The average molecular weight is 453 g/mol. The van der Waals surface area contributed by atoms with E-state index in [-0.39, 0.29) is 11.7 Å². The number of hydrogen-bond acceptors (Lipinski definition) is 5. The fourth-order valence-electron chi connectivity index (χ4n) is 4.88. The zero-order valence-corrected chi connectivity index (χ0v) is 18.5. The van der Waals surface area contributed by atoms with Gasteiger partial charge < -0.3 is 5.73 Å². The van der Waals surface area contributed by atoms with E-state index in [0.717, 1.165) is 16.8 Å². The molecule has 2 aromatic carbocycles. The lowest BCUT2D eigenvalue weighted by Crippen LogP contribution is -2.40. The van der Waals surface area contributed by atoms with Gasteiger partial charge in [0.25, 0.3) is 0 Å². The molecule has 1 aliphatic heterocycles. The third-order valence-electron chi connectivity index (χ3n) is 6.35. The Balaban J connectivity index is 1.74. The van der Waals surface area contributed by atoms with Gasteiger partial charge in [-0.2, -0.15) is 5.26 Å². The highest BCUT2D eigenvalue weighted by atomic mass is 35.5. The lowest BCUT2D eigenvalue weighted by atomic mass is 9.72. The van der Waals surface area contributed by atoms with E-state index in [1.165, 1.54) is 0 Å². The van der Waals surface area contributed by atoms with Gasteiger partial charge in [-0.3, -0.25) is 14.7 Å². The van der Waals surface area contributed by atoms with E-state index in [4.69, 9.17) is 17.3 Å². The van der Waals surface area contributed by atoms with Gasteiger partial charge in [0, 0.05) is 30.1 Å². The van der Waals surface area contributed by atoms with Gasteiger partial charge in [0.15, 0.2) is 5.78 Å². The first kappa shape index (κ1) is 21.0. The predicted molar refractivity (Wildman–Crippen MR) is 128 cm³/mol. The molecule has 1 aliphatic carbocycles. The number of pyridine rings is 1. The second kappa shape index (κ2) is 8.57. The molecule has 5 nitrogen and oxygen atoms in total. The normalized spacial score (nSPS) is 20.5. The third kappa shape index (κ3) is 3.59.